The molecule has 0 amide bonds. The average Bonchev–Trinajstić information content (AvgIpc) is 2.11. The fourth-order valence-corrected chi connectivity index (χ4v) is 2.20. The van der Waals surface area contributed by atoms with E-state index < -0.39 is 15.3 Å². The second-order valence-electron chi connectivity index (χ2n) is 2.97. The van der Waals surface area contributed by atoms with E-state index in [1.54, 1.807) is 0 Å². The molecule has 0 aliphatic carbocycles. The second-order valence-corrected chi connectivity index (χ2v) is 4.83. The number of unbranched alkanes of at least 4 members (excludes halogenated alkanes) is 1. The van der Waals surface area contributed by atoms with Crippen LogP contribution in [0.3, 0.4) is 0 Å². The van der Waals surface area contributed by atoms with Crippen molar-refractivity contribution in [1.82, 2.24) is 0 Å². The molecule has 0 N–H and O–H groups in total. The van der Waals surface area contributed by atoms with Crippen molar-refractivity contribution in [2.24, 2.45) is 4.52 Å². The highest BCUT2D eigenvalue weighted by atomic mass is 32.2. The summed E-state index contributed by atoms with van der Waals surface area (Å²) in [5, 5.41) is -0.615. The highest BCUT2D eigenvalue weighted by Crippen LogP contribution is 2.16. The minimum Gasteiger partial charge on any atom is -0.221 e. The van der Waals surface area contributed by atoms with Crippen LogP contribution >= 0.6 is 0 Å². The molecule has 0 rings (SSSR count). The molecule has 0 saturated carbocycles. The molecular weight excluding hydrogens is 230 g/mol. The molecular formula is C8H19N3O2SSi. The van der Waals surface area contributed by atoms with Gasteiger partial charge in [-0.3, -0.25) is 0 Å². The van der Waals surface area contributed by atoms with E-state index in [2.05, 4.69) is 16.0 Å². The van der Waals surface area contributed by atoms with E-state index in [4.69, 9.17) is 5.53 Å². The average molecular weight is 249 g/mol. The predicted molar refractivity (Wildman–Crippen MR) is 67.5 cm³/mol. The van der Waals surface area contributed by atoms with Gasteiger partial charge in [-0.1, -0.05) is 25.8 Å². The van der Waals surface area contributed by atoms with E-state index in [0.29, 0.717) is 12.8 Å². The van der Waals surface area contributed by atoms with Gasteiger partial charge in [0.25, 0.3) is 0 Å². The Labute approximate surface area is 95.3 Å². The minimum atomic E-state index is -3.67. The van der Waals surface area contributed by atoms with E-state index in [9.17, 15) is 8.42 Å². The largest absolute Gasteiger partial charge is 0.238 e. The predicted octanol–water partition coefficient (Wildman–Crippen LogP) is 1.31. The molecule has 88 valence electrons. The third-order valence-corrected chi connectivity index (χ3v) is 3.45. The Bertz CT molecular complexity index is 323. The van der Waals surface area contributed by atoms with Crippen molar-refractivity contribution < 1.29 is 8.42 Å². The monoisotopic (exact) mass is 249 g/mol. The Morgan fingerprint density at radius 2 is 2.20 bits per heavy atom. The molecule has 0 aliphatic heterocycles. The normalized spacial score (nSPS) is 12.1. The molecule has 0 fully saturated rings. The number of allylic oxidation sites excluding steroid dienone is 1. The highest BCUT2D eigenvalue weighted by Gasteiger charge is 2.21. The zero-order valence-corrected chi connectivity index (χ0v) is 9.07. The number of nitrogens with zero attached hydrogens (tertiary/aromatic N) is 3. The lowest BCUT2D eigenvalue weighted by molar-refractivity contribution is 0.565. The summed E-state index contributed by atoms with van der Waals surface area (Å²) in [6.45, 7) is 5.46. The van der Waals surface area contributed by atoms with Crippen LogP contribution in [0.1, 0.15) is 32.6 Å². The van der Waals surface area contributed by atoms with E-state index in [1.807, 2.05) is 6.92 Å². The zero-order valence-electron chi connectivity index (χ0n) is 8.26. The van der Waals surface area contributed by atoms with Crippen LogP contribution in [-0.4, -0.2) is 24.6 Å². The van der Waals surface area contributed by atoms with E-state index in [1.165, 1.54) is 6.08 Å². The van der Waals surface area contributed by atoms with Gasteiger partial charge in [0.1, 0.15) is 0 Å². The van der Waals surface area contributed by atoms with Gasteiger partial charge in [-0.25, -0.2) is 8.42 Å². The molecule has 0 bridgehead atoms. The van der Waals surface area contributed by atoms with E-state index in [0.717, 1.165) is 12.8 Å². The minimum absolute atomic E-state index is 0. The van der Waals surface area contributed by atoms with Gasteiger partial charge in [-0.15, -0.1) is 6.58 Å². The third-order valence-electron chi connectivity index (χ3n) is 1.88. The molecule has 1 unspecified atom stereocenters. The van der Waals surface area contributed by atoms with Crippen LogP contribution in [0.5, 0.6) is 0 Å². The summed E-state index contributed by atoms with van der Waals surface area (Å²) >= 11 is 0. The fourth-order valence-electron chi connectivity index (χ4n) is 1.12. The summed E-state index contributed by atoms with van der Waals surface area (Å²) in [5.41, 5.74) is 8.10. The van der Waals surface area contributed by atoms with Gasteiger partial charge in [-0.05, 0) is 29.3 Å². The summed E-state index contributed by atoms with van der Waals surface area (Å²) in [4.78, 5) is 2.32. The van der Waals surface area contributed by atoms with E-state index >= 15 is 0 Å². The SMILES string of the molecule is C=CCC(CCCC)S(=O)(=O)N=[N+]=[N-].[SiH4]. The first-order chi connectivity index (χ1) is 6.58. The molecule has 1 atom stereocenters. The first-order valence-electron chi connectivity index (χ1n) is 4.49. The Hall–Kier alpha value is -0.783. The number of azide groups is 1. The molecule has 0 aromatic carbocycles. The summed E-state index contributed by atoms with van der Waals surface area (Å²) in [7, 11) is -3.67. The van der Waals surface area contributed by atoms with Crippen LogP contribution in [-0.2, 0) is 10.0 Å². The number of hydrogen-bond acceptors (Lipinski definition) is 2. The Balaban J connectivity index is 0. The van der Waals surface area contributed by atoms with Crippen LogP contribution in [0.25, 0.3) is 10.4 Å². The number of sulfonamides is 1. The first-order valence-corrected chi connectivity index (χ1v) is 5.99. The smallest absolute Gasteiger partial charge is 0.221 e. The standard InChI is InChI=1S/C8H15N3O2S.H4Si/c1-3-5-7-8(6-4-2)14(12,13)11-10-9;/h4,8H,2-3,5-7H2,1H3;1H4. The lowest BCUT2D eigenvalue weighted by Crippen LogP contribution is -2.17. The highest BCUT2D eigenvalue weighted by molar-refractivity contribution is 7.90. The Morgan fingerprint density at radius 3 is 2.60 bits per heavy atom. The van der Waals surface area contributed by atoms with Crippen LogP contribution in [0.4, 0.5) is 0 Å². The van der Waals surface area contributed by atoms with Gasteiger partial charge >= 0.3 is 0 Å². The third kappa shape index (κ3) is 6.32. The molecule has 0 aromatic heterocycles. The van der Waals surface area contributed by atoms with Crippen LogP contribution in [0.2, 0.25) is 0 Å². The van der Waals surface area contributed by atoms with Gasteiger partial charge in [0.2, 0.25) is 10.0 Å². The summed E-state index contributed by atoms with van der Waals surface area (Å²) in [6.07, 6.45) is 4.11. The van der Waals surface area contributed by atoms with Gasteiger partial charge in [0.15, 0.2) is 0 Å². The van der Waals surface area contributed by atoms with E-state index in [-0.39, 0.29) is 11.0 Å². The molecule has 15 heavy (non-hydrogen) atoms. The summed E-state index contributed by atoms with van der Waals surface area (Å²) in [6, 6.07) is 0. The molecule has 5 nitrogen and oxygen atoms in total. The van der Waals surface area contributed by atoms with Crippen molar-refractivity contribution in [1.29, 1.82) is 0 Å². The van der Waals surface area contributed by atoms with Crippen molar-refractivity contribution >= 4 is 21.0 Å². The molecule has 0 aromatic rings. The molecule has 0 radical (unpaired) electrons. The van der Waals surface area contributed by atoms with Crippen molar-refractivity contribution in [3.63, 3.8) is 0 Å². The maximum atomic E-state index is 11.4. The zero-order chi connectivity index (χ0) is 11.0. The Morgan fingerprint density at radius 1 is 1.60 bits per heavy atom. The molecule has 0 aliphatic rings. The number of rotatable bonds is 7. The van der Waals surface area contributed by atoms with Crippen LogP contribution in [0.15, 0.2) is 17.2 Å². The maximum Gasteiger partial charge on any atom is 0.238 e. The lowest BCUT2D eigenvalue weighted by Gasteiger charge is -2.10. The number of hydrogen-bond donors (Lipinski definition) is 0. The summed E-state index contributed by atoms with van der Waals surface area (Å²) in [5.74, 6) is 0. The van der Waals surface area contributed by atoms with Crippen molar-refractivity contribution in [3.8, 4) is 0 Å². The summed E-state index contributed by atoms with van der Waals surface area (Å²) < 4.78 is 25.6. The molecule has 0 spiro atoms. The van der Waals surface area contributed by atoms with Gasteiger partial charge in [0.05, 0.1) is 5.25 Å². The Kier molecular flexibility index (Phi) is 9.45. The van der Waals surface area contributed by atoms with Crippen molar-refractivity contribution in [2.75, 3.05) is 0 Å². The van der Waals surface area contributed by atoms with Gasteiger partial charge < -0.3 is 0 Å². The van der Waals surface area contributed by atoms with Gasteiger partial charge in [-0.2, -0.15) is 0 Å². The fraction of sp³-hybridized carbons (Fsp3) is 0.750. The van der Waals surface area contributed by atoms with Crippen molar-refractivity contribution in [2.45, 2.75) is 37.9 Å². The first kappa shape index (κ1) is 16.6. The maximum absolute atomic E-state index is 11.4. The second kappa shape index (κ2) is 8.52. The van der Waals surface area contributed by atoms with Crippen LogP contribution in [0, 0.1) is 0 Å². The molecule has 0 saturated heterocycles. The van der Waals surface area contributed by atoms with Gasteiger partial charge in [0, 0.05) is 9.43 Å². The quantitative estimate of drug-likeness (QED) is 0.224. The van der Waals surface area contributed by atoms with Crippen molar-refractivity contribution in [3.05, 3.63) is 23.1 Å². The topological polar surface area (TPSA) is 82.9 Å². The van der Waals surface area contributed by atoms with Crippen LogP contribution < -0.4 is 0 Å². The molecule has 0 heterocycles. The molecule has 7 heteroatoms. The lowest BCUT2D eigenvalue weighted by atomic mass is 10.1.